The lowest BCUT2D eigenvalue weighted by Gasteiger charge is -2.17. The lowest BCUT2D eigenvalue weighted by atomic mass is 10.1. The first-order valence-electron chi connectivity index (χ1n) is 8.42. The second kappa shape index (κ2) is 9.21. The number of anilines is 1. The highest BCUT2D eigenvalue weighted by Gasteiger charge is 2.04. The van der Waals surface area contributed by atoms with Crippen LogP contribution in [0.15, 0.2) is 48.5 Å². The molecule has 0 spiro atoms. The number of rotatable bonds is 9. The normalized spacial score (nSPS) is 10.9. The van der Waals surface area contributed by atoms with Crippen LogP contribution < -0.4 is 10.5 Å². The SMILES string of the molecule is CCCOc1ccc(CCCN(C)Cc2ccccc2)cc1N. The van der Waals surface area contributed by atoms with Crippen LogP contribution in [0.25, 0.3) is 0 Å². The van der Waals surface area contributed by atoms with E-state index in [1.165, 1.54) is 11.1 Å². The fraction of sp³-hybridized carbons (Fsp3) is 0.400. The molecule has 0 saturated heterocycles. The highest BCUT2D eigenvalue weighted by atomic mass is 16.5. The van der Waals surface area contributed by atoms with E-state index in [2.05, 4.69) is 55.3 Å². The van der Waals surface area contributed by atoms with Gasteiger partial charge in [-0.2, -0.15) is 0 Å². The standard InChI is InChI=1S/C20H28N2O/c1-3-14-23-20-12-11-17(15-19(20)21)10-7-13-22(2)16-18-8-5-4-6-9-18/h4-6,8-9,11-12,15H,3,7,10,13-14,16,21H2,1-2H3. The van der Waals surface area contributed by atoms with Crippen molar-refractivity contribution in [3.63, 3.8) is 0 Å². The predicted octanol–water partition coefficient (Wildman–Crippen LogP) is 4.12. The summed E-state index contributed by atoms with van der Waals surface area (Å²) in [6.45, 7) is 4.87. The van der Waals surface area contributed by atoms with Crippen LogP contribution in [0.2, 0.25) is 0 Å². The number of hydrogen-bond donors (Lipinski definition) is 1. The quantitative estimate of drug-likeness (QED) is 0.708. The molecule has 0 aliphatic carbocycles. The summed E-state index contributed by atoms with van der Waals surface area (Å²) in [6, 6.07) is 16.7. The van der Waals surface area contributed by atoms with Gasteiger partial charge in [0, 0.05) is 6.54 Å². The van der Waals surface area contributed by atoms with Crippen LogP contribution in [0, 0.1) is 0 Å². The molecule has 3 heteroatoms. The van der Waals surface area contributed by atoms with Gasteiger partial charge in [-0.25, -0.2) is 0 Å². The first kappa shape index (κ1) is 17.4. The predicted molar refractivity (Wildman–Crippen MR) is 97.7 cm³/mol. The number of benzene rings is 2. The lowest BCUT2D eigenvalue weighted by molar-refractivity contribution is 0.318. The average molecular weight is 312 g/mol. The minimum Gasteiger partial charge on any atom is -0.491 e. The van der Waals surface area contributed by atoms with Gasteiger partial charge in [0.15, 0.2) is 0 Å². The van der Waals surface area contributed by atoms with Crippen LogP contribution in [0.5, 0.6) is 5.75 Å². The van der Waals surface area contributed by atoms with Crippen LogP contribution in [0.1, 0.15) is 30.9 Å². The molecule has 2 rings (SSSR count). The Morgan fingerprint density at radius 2 is 1.83 bits per heavy atom. The molecule has 0 aliphatic heterocycles. The van der Waals surface area contributed by atoms with Crippen molar-refractivity contribution < 1.29 is 4.74 Å². The van der Waals surface area contributed by atoms with Crippen molar-refractivity contribution in [2.45, 2.75) is 32.7 Å². The van der Waals surface area contributed by atoms with Gasteiger partial charge in [-0.15, -0.1) is 0 Å². The van der Waals surface area contributed by atoms with Gasteiger partial charge in [0.25, 0.3) is 0 Å². The Kier molecular flexibility index (Phi) is 6.95. The molecule has 2 N–H and O–H groups in total. The van der Waals surface area contributed by atoms with Crippen LogP contribution in [0.3, 0.4) is 0 Å². The molecular formula is C20H28N2O. The number of ether oxygens (including phenoxy) is 1. The minimum absolute atomic E-state index is 0.716. The van der Waals surface area contributed by atoms with Gasteiger partial charge in [0.05, 0.1) is 12.3 Å². The third-order valence-corrected chi connectivity index (χ3v) is 3.84. The molecule has 0 bridgehead atoms. The van der Waals surface area contributed by atoms with Crippen LogP contribution >= 0.6 is 0 Å². The van der Waals surface area contributed by atoms with E-state index in [1.807, 2.05) is 12.1 Å². The van der Waals surface area contributed by atoms with Crippen molar-refractivity contribution in [3.05, 3.63) is 59.7 Å². The zero-order valence-corrected chi connectivity index (χ0v) is 14.3. The summed E-state index contributed by atoms with van der Waals surface area (Å²) in [5, 5.41) is 0. The van der Waals surface area contributed by atoms with Gasteiger partial charge in [0.1, 0.15) is 5.75 Å². The van der Waals surface area contributed by atoms with Gasteiger partial charge >= 0.3 is 0 Å². The van der Waals surface area contributed by atoms with E-state index in [-0.39, 0.29) is 0 Å². The Bertz CT molecular complexity index is 583. The second-order valence-electron chi connectivity index (χ2n) is 6.05. The summed E-state index contributed by atoms with van der Waals surface area (Å²) in [5.41, 5.74) is 9.44. The largest absolute Gasteiger partial charge is 0.491 e. The zero-order chi connectivity index (χ0) is 16.5. The van der Waals surface area contributed by atoms with Crippen molar-refractivity contribution in [2.24, 2.45) is 0 Å². The molecule has 23 heavy (non-hydrogen) atoms. The Balaban J connectivity index is 1.76. The minimum atomic E-state index is 0.716. The fourth-order valence-electron chi connectivity index (χ4n) is 2.62. The molecule has 3 nitrogen and oxygen atoms in total. The molecule has 0 unspecified atom stereocenters. The van der Waals surface area contributed by atoms with Gasteiger partial charge in [0.2, 0.25) is 0 Å². The molecule has 2 aromatic carbocycles. The number of hydrogen-bond acceptors (Lipinski definition) is 3. The Labute approximate surface area is 140 Å². The smallest absolute Gasteiger partial charge is 0.142 e. The average Bonchev–Trinajstić information content (AvgIpc) is 2.55. The summed E-state index contributed by atoms with van der Waals surface area (Å²) in [4.78, 5) is 2.36. The van der Waals surface area contributed by atoms with Gasteiger partial charge < -0.3 is 15.4 Å². The van der Waals surface area contributed by atoms with E-state index >= 15 is 0 Å². The monoisotopic (exact) mass is 312 g/mol. The molecular weight excluding hydrogens is 284 g/mol. The molecule has 0 heterocycles. The third-order valence-electron chi connectivity index (χ3n) is 3.84. The highest BCUT2D eigenvalue weighted by molar-refractivity contribution is 5.54. The Morgan fingerprint density at radius 3 is 2.52 bits per heavy atom. The maximum Gasteiger partial charge on any atom is 0.142 e. The molecule has 2 aromatic rings. The maximum atomic E-state index is 6.06. The summed E-state index contributed by atoms with van der Waals surface area (Å²) < 4.78 is 5.62. The molecule has 124 valence electrons. The van der Waals surface area contributed by atoms with E-state index in [9.17, 15) is 0 Å². The number of aryl methyl sites for hydroxylation is 1. The first-order chi connectivity index (χ1) is 11.2. The van der Waals surface area contributed by atoms with Crippen LogP contribution in [0.4, 0.5) is 5.69 Å². The van der Waals surface area contributed by atoms with Gasteiger partial charge in [-0.05, 0) is 56.1 Å². The van der Waals surface area contributed by atoms with E-state index in [0.29, 0.717) is 6.61 Å². The third kappa shape index (κ3) is 5.95. The summed E-state index contributed by atoms with van der Waals surface area (Å²) in [6.07, 6.45) is 3.16. The van der Waals surface area contributed by atoms with E-state index < -0.39 is 0 Å². The van der Waals surface area contributed by atoms with Crippen molar-refractivity contribution in [1.82, 2.24) is 4.90 Å². The fourth-order valence-corrected chi connectivity index (χ4v) is 2.62. The number of nitrogens with zero attached hydrogens (tertiary/aromatic N) is 1. The summed E-state index contributed by atoms with van der Waals surface area (Å²) in [7, 11) is 2.17. The van der Waals surface area contributed by atoms with Crippen LogP contribution in [-0.4, -0.2) is 25.1 Å². The number of nitrogen functional groups attached to an aromatic ring is 1. The van der Waals surface area contributed by atoms with Crippen molar-refractivity contribution in [2.75, 3.05) is 25.9 Å². The van der Waals surface area contributed by atoms with Gasteiger partial charge in [-0.3, -0.25) is 0 Å². The van der Waals surface area contributed by atoms with Crippen molar-refractivity contribution in [1.29, 1.82) is 0 Å². The van der Waals surface area contributed by atoms with E-state index in [4.69, 9.17) is 10.5 Å². The molecule has 0 aromatic heterocycles. The molecule has 0 amide bonds. The molecule has 0 atom stereocenters. The van der Waals surface area contributed by atoms with Crippen molar-refractivity contribution in [3.8, 4) is 5.75 Å². The Morgan fingerprint density at radius 1 is 1.04 bits per heavy atom. The van der Waals surface area contributed by atoms with E-state index in [1.54, 1.807) is 0 Å². The van der Waals surface area contributed by atoms with Crippen molar-refractivity contribution >= 4 is 5.69 Å². The number of nitrogens with two attached hydrogens (primary N) is 1. The summed E-state index contributed by atoms with van der Waals surface area (Å²) in [5.74, 6) is 0.803. The van der Waals surface area contributed by atoms with E-state index in [0.717, 1.165) is 43.8 Å². The molecule has 0 saturated carbocycles. The molecule has 0 radical (unpaired) electrons. The van der Waals surface area contributed by atoms with Crippen LogP contribution in [-0.2, 0) is 13.0 Å². The first-order valence-corrected chi connectivity index (χ1v) is 8.42. The highest BCUT2D eigenvalue weighted by Crippen LogP contribution is 2.23. The molecule has 0 aliphatic rings. The Hall–Kier alpha value is -2.00. The summed E-state index contributed by atoms with van der Waals surface area (Å²) >= 11 is 0. The molecule has 0 fully saturated rings. The van der Waals surface area contributed by atoms with Gasteiger partial charge in [-0.1, -0.05) is 43.3 Å². The maximum absolute atomic E-state index is 6.06. The lowest BCUT2D eigenvalue weighted by Crippen LogP contribution is -2.19. The zero-order valence-electron chi connectivity index (χ0n) is 14.3. The second-order valence-corrected chi connectivity index (χ2v) is 6.05. The topological polar surface area (TPSA) is 38.5 Å².